The fraction of sp³-hybridized carbons (Fsp3) is 0.389. The Balaban J connectivity index is 1.85. The summed E-state index contributed by atoms with van der Waals surface area (Å²) in [5, 5.41) is 2.28. The van der Waals surface area contributed by atoms with Crippen LogP contribution in [0.4, 0.5) is 0 Å². The van der Waals surface area contributed by atoms with E-state index >= 15 is 0 Å². The van der Waals surface area contributed by atoms with E-state index in [0.29, 0.717) is 5.92 Å². The van der Waals surface area contributed by atoms with Gasteiger partial charge in [-0.15, -0.1) is 0 Å². The molecule has 2 nitrogen and oxygen atoms in total. The van der Waals surface area contributed by atoms with Crippen LogP contribution in [0.25, 0.3) is 10.8 Å². The molecular weight excluding hydrogens is 326 g/mol. The highest BCUT2D eigenvalue weighted by Gasteiger charge is 2.23. The van der Waals surface area contributed by atoms with E-state index in [0.717, 1.165) is 46.7 Å². The molecule has 110 valence electrons. The number of rotatable bonds is 2. The molecule has 0 aromatic heterocycles. The highest BCUT2D eigenvalue weighted by atomic mass is 79.9. The minimum atomic E-state index is 0.179. The molecule has 21 heavy (non-hydrogen) atoms. The summed E-state index contributed by atoms with van der Waals surface area (Å²) >= 11 is 3.48. The van der Waals surface area contributed by atoms with Crippen molar-refractivity contribution >= 4 is 32.6 Å². The molecule has 0 radical (unpaired) electrons. The van der Waals surface area contributed by atoms with Crippen molar-refractivity contribution in [2.24, 2.45) is 5.92 Å². The van der Waals surface area contributed by atoms with Gasteiger partial charge >= 0.3 is 0 Å². The molecule has 1 aliphatic heterocycles. The summed E-state index contributed by atoms with van der Waals surface area (Å²) in [5.74, 6) is 0.845. The van der Waals surface area contributed by atoms with Crippen LogP contribution in [0.15, 0.2) is 40.9 Å². The van der Waals surface area contributed by atoms with Crippen LogP contribution < -0.4 is 0 Å². The number of carbonyl (C=O) groups is 1. The molecule has 2 aromatic carbocycles. The first kappa shape index (κ1) is 14.6. The lowest BCUT2D eigenvalue weighted by molar-refractivity contribution is 0.0671. The summed E-state index contributed by atoms with van der Waals surface area (Å²) in [5.41, 5.74) is 0.807. The Labute approximate surface area is 134 Å². The Hall–Kier alpha value is -1.35. The number of hydrogen-bond donors (Lipinski definition) is 0. The lowest BCUT2D eigenvalue weighted by atomic mass is 9.95. The molecule has 0 saturated carbocycles. The Kier molecular flexibility index (Phi) is 4.29. The summed E-state index contributed by atoms with van der Waals surface area (Å²) in [6, 6.07) is 12.2. The highest BCUT2D eigenvalue weighted by molar-refractivity contribution is 9.10. The van der Waals surface area contributed by atoms with E-state index in [4.69, 9.17) is 0 Å². The number of nitrogens with zero attached hydrogens (tertiary/aromatic N) is 1. The molecule has 2 aromatic rings. The van der Waals surface area contributed by atoms with Crippen LogP contribution in [-0.4, -0.2) is 23.9 Å². The number of carbonyl (C=O) groups excluding carboxylic acids is 1. The minimum Gasteiger partial charge on any atom is -0.338 e. The van der Waals surface area contributed by atoms with Gasteiger partial charge in [-0.05, 0) is 53.8 Å². The van der Waals surface area contributed by atoms with Gasteiger partial charge in [0.2, 0.25) is 0 Å². The quantitative estimate of drug-likeness (QED) is 0.760. The van der Waals surface area contributed by atoms with Gasteiger partial charge in [-0.3, -0.25) is 4.79 Å². The first-order valence-corrected chi connectivity index (χ1v) is 8.45. The zero-order chi connectivity index (χ0) is 14.8. The smallest absolute Gasteiger partial charge is 0.253 e. The van der Waals surface area contributed by atoms with Gasteiger partial charge in [0.05, 0.1) is 0 Å². The Morgan fingerprint density at radius 3 is 2.81 bits per heavy atom. The minimum absolute atomic E-state index is 0.179. The SMILES string of the molecule is CCC1CCCN(C(=O)c2ccc3cc(Br)ccc3c2)C1. The van der Waals surface area contributed by atoms with Gasteiger partial charge in [0.25, 0.3) is 5.91 Å². The van der Waals surface area contributed by atoms with E-state index in [1.165, 1.54) is 6.42 Å². The summed E-state index contributed by atoms with van der Waals surface area (Å²) in [6.45, 7) is 4.02. The third-order valence-corrected chi connectivity index (χ3v) is 4.93. The lowest BCUT2D eigenvalue weighted by Crippen LogP contribution is -2.39. The molecule has 0 spiro atoms. The van der Waals surface area contributed by atoms with Crippen LogP contribution in [-0.2, 0) is 0 Å². The van der Waals surface area contributed by atoms with Crippen molar-refractivity contribution in [1.29, 1.82) is 0 Å². The highest BCUT2D eigenvalue weighted by Crippen LogP contribution is 2.24. The maximum atomic E-state index is 12.7. The molecule has 3 heteroatoms. The second-order valence-electron chi connectivity index (χ2n) is 5.87. The fourth-order valence-electron chi connectivity index (χ4n) is 3.11. The van der Waals surface area contributed by atoms with Gasteiger partial charge in [0.15, 0.2) is 0 Å². The van der Waals surface area contributed by atoms with Gasteiger partial charge in [-0.1, -0.05) is 41.4 Å². The van der Waals surface area contributed by atoms with Crippen LogP contribution in [0.3, 0.4) is 0 Å². The molecule has 0 N–H and O–H groups in total. The van der Waals surface area contributed by atoms with Gasteiger partial charge in [0, 0.05) is 23.1 Å². The van der Waals surface area contributed by atoms with E-state index in [-0.39, 0.29) is 5.91 Å². The molecule has 0 aliphatic carbocycles. The van der Waals surface area contributed by atoms with Crippen molar-refractivity contribution in [1.82, 2.24) is 4.90 Å². The molecule has 1 amide bonds. The topological polar surface area (TPSA) is 20.3 Å². The lowest BCUT2D eigenvalue weighted by Gasteiger charge is -2.32. The normalized spacial score (nSPS) is 19.0. The van der Waals surface area contributed by atoms with Crippen LogP contribution in [0, 0.1) is 5.92 Å². The largest absolute Gasteiger partial charge is 0.338 e. The van der Waals surface area contributed by atoms with E-state index < -0.39 is 0 Å². The Morgan fingerprint density at radius 2 is 2.00 bits per heavy atom. The molecular formula is C18H20BrNO. The number of amides is 1. The number of piperidine rings is 1. The van der Waals surface area contributed by atoms with Crippen molar-refractivity contribution in [2.45, 2.75) is 26.2 Å². The summed E-state index contributed by atoms with van der Waals surface area (Å²) in [7, 11) is 0. The molecule has 1 fully saturated rings. The van der Waals surface area contributed by atoms with Gasteiger partial charge < -0.3 is 4.90 Å². The molecule has 1 unspecified atom stereocenters. The van der Waals surface area contributed by atoms with Gasteiger partial charge in [0.1, 0.15) is 0 Å². The van der Waals surface area contributed by atoms with E-state index in [9.17, 15) is 4.79 Å². The zero-order valence-electron chi connectivity index (χ0n) is 12.3. The monoisotopic (exact) mass is 345 g/mol. The molecule has 1 aliphatic rings. The van der Waals surface area contributed by atoms with E-state index in [1.807, 2.05) is 29.2 Å². The molecule has 1 heterocycles. The second-order valence-corrected chi connectivity index (χ2v) is 6.79. The van der Waals surface area contributed by atoms with Crippen molar-refractivity contribution < 1.29 is 4.79 Å². The number of halogens is 1. The molecule has 3 rings (SSSR count). The first-order chi connectivity index (χ1) is 10.2. The zero-order valence-corrected chi connectivity index (χ0v) is 13.9. The van der Waals surface area contributed by atoms with E-state index in [1.54, 1.807) is 0 Å². The van der Waals surface area contributed by atoms with Crippen molar-refractivity contribution in [2.75, 3.05) is 13.1 Å². The summed E-state index contributed by atoms with van der Waals surface area (Å²) in [4.78, 5) is 14.7. The predicted octanol–water partition coefficient (Wildman–Crippen LogP) is 4.86. The summed E-state index contributed by atoms with van der Waals surface area (Å²) in [6.07, 6.45) is 3.55. The standard InChI is InChI=1S/C18H20BrNO/c1-2-13-4-3-9-20(12-13)18(21)16-6-5-15-11-17(19)8-7-14(15)10-16/h5-8,10-11,13H,2-4,9,12H2,1H3. The average molecular weight is 346 g/mol. The number of benzene rings is 2. The van der Waals surface area contributed by atoms with Gasteiger partial charge in [-0.2, -0.15) is 0 Å². The maximum Gasteiger partial charge on any atom is 0.253 e. The Morgan fingerprint density at radius 1 is 1.24 bits per heavy atom. The van der Waals surface area contributed by atoms with Crippen molar-refractivity contribution in [3.63, 3.8) is 0 Å². The maximum absolute atomic E-state index is 12.7. The average Bonchev–Trinajstić information content (AvgIpc) is 2.53. The predicted molar refractivity (Wildman–Crippen MR) is 90.6 cm³/mol. The third-order valence-electron chi connectivity index (χ3n) is 4.43. The van der Waals surface area contributed by atoms with E-state index in [2.05, 4.69) is 35.0 Å². The third kappa shape index (κ3) is 3.13. The Bertz CT molecular complexity index is 667. The van der Waals surface area contributed by atoms with Crippen LogP contribution in [0.1, 0.15) is 36.5 Å². The van der Waals surface area contributed by atoms with Crippen LogP contribution in [0.2, 0.25) is 0 Å². The van der Waals surface area contributed by atoms with Crippen molar-refractivity contribution in [3.05, 3.63) is 46.4 Å². The number of hydrogen-bond acceptors (Lipinski definition) is 1. The molecule has 1 saturated heterocycles. The van der Waals surface area contributed by atoms with Gasteiger partial charge in [-0.25, -0.2) is 0 Å². The molecule has 1 atom stereocenters. The molecule has 0 bridgehead atoms. The second kappa shape index (κ2) is 6.18. The number of likely N-dealkylation sites (tertiary alicyclic amines) is 1. The number of fused-ring (bicyclic) bond motifs is 1. The fourth-order valence-corrected chi connectivity index (χ4v) is 3.49. The van der Waals surface area contributed by atoms with Crippen LogP contribution in [0.5, 0.6) is 0 Å². The summed E-state index contributed by atoms with van der Waals surface area (Å²) < 4.78 is 1.07. The van der Waals surface area contributed by atoms with Crippen LogP contribution >= 0.6 is 15.9 Å². The van der Waals surface area contributed by atoms with Crippen molar-refractivity contribution in [3.8, 4) is 0 Å². The first-order valence-electron chi connectivity index (χ1n) is 7.66.